The van der Waals surface area contributed by atoms with Crippen LogP contribution >= 0.6 is 0 Å². The molecule has 0 aliphatic carbocycles. The Morgan fingerprint density at radius 1 is 0.889 bits per heavy atom. The van der Waals surface area contributed by atoms with Crippen LogP contribution in [0.25, 0.3) is 0 Å². The number of nitro benzene ring substituents is 1. The van der Waals surface area contributed by atoms with E-state index in [4.69, 9.17) is 9.57 Å². The first-order chi connectivity index (χ1) is 17.5. The molecule has 0 heterocycles. The van der Waals surface area contributed by atoms with E-state index in [0.29, 0.717) is 30.1 Å². The van der Waals surface area contributed by atoms with Gasteiger partial charge in [0.15, 0.2) is 11.5 Å². The first kappa shape index (κ1) is 29.0. The summed E-state index contributed by atoms with van der Waals surface area (Å²) in [6.07, 6.45) is 5.92. The second kappa shape index (κ2) is 16.4. The average Bonchev–Trinajstić information content (AvgIpc) is 2.88. The number of non-ortho nitro benzene ring substituents is 1. The lowest BCUT2D eigenvalue weighted by Crippen LogP contribution is -2.27. The van der Waals surface area contributed by atoms with E-state index in [1.807, 2.05) is 12.1 Å². The molecule has 0 atom stereocenters. The third-order valence-corrected chi connectivity index (χ3v) is 5.65. The van der Waals surface area contributed by atoms with Crippen LogP contribution in [0.3, 0.4) is 0 Å². The number of ether oxygens (including phenoxy) is 1. The van der Waals surface area contributed by atoms with Crippen LogP contribution in [0.5, 0.6) is 11.5 Å². The van der Waals surface area contributed by atoms with Crippen molar-refractivity contribution in [3.8, 4) is 11.5 Å². The number of unbranched alkanes of at least 4 members (excludes halogenated alkanes) is 1. The molecule has 196 valence electrons. The monoisotopic (exact) mass is 497 g/mol. The lowest BCUT2D eigenvalue weighted by molar-refractivity contribution is -0.384. The summed E-state index contributed by atoms with van der Waals surface area (Å²) in [6, 6.07) is 12.9. The van der Waals surface area contributed by atoms with E-state index in [1.54, 1.807) is 12.1 Å². The number of rotatable bonds is 18. The summed E-state index contributed by atoms with van der Waals surface area (Å²) in [5.74, 6) is 1.10. The van der Waals surface area contributed by atoms with Gasteiger partial charge in [0.1, 0.15) is 5.75 Å². The fourth-order valence-electron chi connectivity index (χ4n) is 3.76. The highest BCUT2D eigenvalue weighted by Gasteiger charge is 2.12. The van der Waals surface area contributed by atoms with Crippen LogP contribution in [-0.2, 0) is 0 Å². The zero-order valence-corrected chi connectivity index (χ0v) is 21.8. The third kappa shape index (κ3) is 10.6. The Labute approximate surface area is 214 Å². The third-order valence-electron chi connectivity index (χ3n) is 5.65. The molecule has 0 amide bonds. The van der Waals surface area contributed by atoms with Gasteiger partial charge in [-0.15, -0.1) is 0 Å². The van der Waals surface area contributed by atoms with Crippen molar-refractivity contribution in [3.63, 3.8) is 0 Å². The molecule has 8 heteroatoms. The Balaban J connectivity index is 1.89. The maximum atomic E-state index is 12.9. The van der Waals surface area contributed by atoms with Crippen molar-refractivity contribution in [2.24, 2.45) is 5.16 Å². The molecule has 0 aromatic heterocycles. The van der Waals surface area contributed by atoms with Gasteiger partial charge in [-0.25, -0.2) is 0 Å². The van der Waals surface area contributed by atoms with Crippen LogP contribution in [0.2, 0.25) is 0 Å². The molecule has 0 aliphatic heterocycles. The van der Waals surface area contributed by atoms with Gasteiger partial charge in [-0.1, -0.05) is 32.3 Å². The molecule has 2 aromatic rings. The number of oxime groups is 1. The van der Waals surface area contributed by atoms with Crippen molar-refractivity contribution >= 4 is 17.2 Å². The zero-order valence-electron chi connectivity index (χ0n) is 21.8. The molecule has 0 radical (unpaired) electrons. The molecule has 0 N–H and O–H groups in total. The molecule has 0 saturated heterocycles. The highest BCUT2D eigenvalue weighted by atomic mass is 16.6. The molecule has 2 aromatic carbocycles. The van der Waals surface area contributed by atoms with Crippen LogP contribution in [0.1, 0.15) is 76.1 Å². The van der Waals surface area contributed by atoms with Gasteiger partial charge < -0.3 is 14.5 Å². The number of ketones is 1. The molecule has 0 aliphatic rings. The molecule has 0 bridgehead atoms. The van der Waals surface area contributed by atoms with E-state index < -0.39 is 4.92 Å². The normalized spacial score (nSPS) is 11.5. The van der Waals surface area contributed by atoms with Gasteiger partial charge in [-0.2, -0.15) is 0 Å². The maximum absolute atomic E-state index is 12.9. The first-order valence-electron chi connectivity index (χ1n) is 12.9. The van der Waals surface area contributed by atoms with Crippen molar-refractivity contribution in [2.75, 3.05) is 26.2 Å². The molecule has 36 heavy (non-hydrogen) atoms. The van der Waals surface area contributed by atoms with Gasteiger partial charge in [0.2, 0.25) is 0 Å². The SMILES string of the molecule is CCCC/C(CC(=O)c1ccc(OCCCN(CCC)CCC)cc1)=N/Oc1ccc([N+](=O)[O-])cc1. The molecule has 0 fully saturated rings. The van der Waals surface area contributed by atoms with Crippen molar-refractivity contribution in [1.29, 1.82) is 0 Å². The lowest BCUT2D eigenvalue weighted by Gasteiger charge is -2.20. The second-order valence-electron chi connectivity index (χ2n) is 8.77. The second-order valence-corrected chi connectivity index (χ2v) is 8.77. The summed E-state index contributed by atoms with van der Waals surface area (Å²) in [7, 11) is 0. The van der Waals surface area contributed by atoms with Gasteiger partial charge >= 0.3 is 0 Å². The van der Waals surface area contributed by atoms with Crippen molar-refractivity contribution in [2.45, 2.75) is 65.7 Å². The number of Topliss-reactive ketones (excluding diaryl/α,β-unsaturated/α-hetero) is 1. The summed E-state index contributed by atoms with van der Waals surface area (Å²) in [4.78, 5) is 31.1. The molecule has 2 rings (SSSR count). The minimum absolute atomic E-state index is 0.0184. The predicted octanol–water partition coefficient (Wildman–Crippen LogP) is 6.68. The summed E-state index contributed by atoms with van der Waals surface area (Å²) in [6.45, 7) is 10.4. The number of nitrogens with zero attached hydrogens (tertiary/aromatic N) is 3. The smallest absolute Gasteiger partial charge is 0.269 e. The van der Waals surface area contributed by atoms with Gasteiger partial charge in [-0.3, -0.25) is 14.9 Å². The molecular formula is C28H39N3O5. The Hall–Kier alpha value is -3.26. The number of carbonyl (C=O) groups is 1. The molecule has 0 spiro atoms. The summed E-state index contributed by atoms with van der Waals surface area (Å²) >= 11 is 0. The Bertz CT molecular complexity index is 952. The zero-order chi connectivity index (χ0) is 26.2. The largest absolute Gasteiger partial charge is 0.494 e. The van der Waals surface area contributed by atoms with Crippen LogP contribution in [0.15, 0.2) is 53.7 Å². The first-order valence-corrected chi connectivity index (χ1v) is 12.9. The molecule has 0 saturated carbocycles. The number of hydrogen-bond donors (Lipinski definition) is 0. The highest BCUT2D eigenvalue weighted by Crippen LogP contribution is 2.19. The Kier molecular flexibility index (Phi) is 13.2. The summed E-state index contributed by atoms with van der Waals surface area (Å²) in [5, 5.41) is 15.0. The van der Waals surface area contributed by atoms with Crippen LogP contribution in [0.4, 0.5) is 5.69 Å². The van der Waals surface area contributed by atoms with Gasteiger partial charge in [0.25, 0.3) is 5.69 Å². The minimum Gasteiger partial charge on any atom is -0.494 e. The average molecular weight is 498 g/mol. The molecular weight excluding hydrogens is 458 g/mol. The van der Waals surface area contributed by atoms with E-state index in [-0.39, 0.29) is 17.9 Å². The van der Waals surface area contributed by atoms with Crippen molar-refractivity contribution in [3.05, 3.63) is 64.2 Å². The predicted molar refractivity (Wildman–Crippen MR) is 143 cm³/mol. The van der Waals surface area contributed by atoms with Crippen LogP contribution < -0.4 is 9.57 Å². The lowest BCUT2D eigenvalue weighted by atomic mass is 10.0. The van der Waals surface area contributed by atoms with Crippen LogP contribution in [0, 0.1) is 10.1 Å². The number of benzene rings is 2. The quantitative estimate of drug-likeness (QED) is 0.0749. The summed E-state index contributed by atoms with van der Waals surface area (Å²) < 4.78 is 5.87. The minimum atomic E-state index is -0.469. The highest BCUT2D eigenvalue weighted by molar-refractivity contribution is 6.09. The van der Waals surface area contributed by atoms with Crippen molar-refractivity contribution < 1.29 is 19.3 Å². The van der Waals surface area contributed by atoms with Crippen molar-refractivity contribution in [1.82, 2.24) is 4.90 Å². The molecule has 0 unspecified atom stereocenters. The topological polar surface area (TPSA) is 94.3 Å². The van der Waals surface area contributed by atoms with E-state index in [0.717, 1.165) is 57.5 Å². The fourth-order valence-corrected chi connectivity index (χ4v) is 3.76. The Morgan fingerprint density at radius 3 is 2.11 bits per heavy atom. The summed E-state index contributed by atoms with van der Waals surface area (Å²) in [5.41, 5.74) is 1.22. The Morgan fingerprint density at radius 2 is 1.53 bits per heavy atom. The van der Waals surface area contributed by atoms with Gasteiger partial charge in [-0.05, 0) is 81.6 Å². The van der Waals surface area contributed by atoms with E-state index in [9.17, 15) is 14.9 Å². The number of carbonyl (C=O) groups excluding carboxylic acids is 1. The van der Waals surface area contributed by atoms with E-state index >= 15 is 0 Å². The van der Waals surface area contributed by atoms with E-state index in [1.165, 1.54) is 24.3 Å². The standard InChI is InChI=1S/C28H39N3O5/c1-4-7-9-24(29-36-27-16-12-25(13-17-27)31(33)34)22-28(32)23-10-14-26(15-11-23)35-21-8-20-30(18-5-2)19-6-3/h10-17H,4-9,18-22H2,1-3H3/b29-24-. The number of nitro groups is 1. The van der Waals surface area contributed by atoms with Crippen LogP contribution in [-0.4, -0.2) is 47.6 Å². The molecule has 8 nitrogen and oxygen atoms in total. The fraction of sp³-hybridized carbons (Fsp3) is 0.500. The maximum Gasteiger partial charge on any atom is 0.269 e. The van der Waals surface area contributed by atoms with Gasteiger partial charge in [0.05, 0.1) is 23.7 Å². The van der Waals surface area contributed by atoms with Gasteiger partial charge in [0, 0.05) is 24.2 Å². The number of hydrogen-bond acceptors (Lipinski definition) is 7. The van der Waals surface area contributed by atoms with E-state index in [2.05, 4.69) is 30.8 Å².